The maximum Gasteiger partial charge on any atom is 0.169 e. The van der Waals surface area contributed by atoms with Crippen LogP contribution in [0.25, 0.3) is 0 Å². The lowest BCUT2D eigenvalue weighted by molar-refractivity contribution is 0.287. The summed E-state index contributed by atoms with van der Waals surface area (Å²) in [6, 6.07) is 13.1. The Hall–Kier alpha value is -1.39. The minimum absolute atomic E-state index is 0.245. The normalized spacial score (nSPS) is 16.7. The molecule has 1 aliphatic rings. The molecule has 2 N–H and O–H groups in total. The monoisotopic (exact) mass is 363 g/mol. The quantitative estimate of drug-likeness (QED) is 0.838. The van der Waals surface area contributed by atoms with Gasteiger partial charge in [-0.25, -0.2) is 4.39 Å². The lowest BCUT2D eigenvalue weighted by atomic mass is 9.89. The van der Waals surface area contributed by atoms with Crippen molar-refractivity contribution >= 4 is 15.9 Å². The van der Waals surface area contributed by atoms with Crippen LogP contribution in [-0.2, 0) is 12.1 Å². The molecule has 1 saturated carbocycles. The van der Waals surface area contributed by atoms with E-state index < -0.39 is 5.54 Å². The minimum atomic E-state index is -0.401. The van der Waals surface area contributed by atoms with Crippen molar-refractivity contribution in [2.75, 3.05) is 0 Å². The zero-order valence-corrected chi connectivity index (χ0v) is 13.9. The first-order valence-corrected chi connectivity index (χ1v) is 8.33. The lowest BCUT2D eigenvalue weighted by Gasteiger charge is -2.25. The van der Waals surface area contributed by atoms with Gasteiger partial charge in [0.15, 0.2) is 11.6 Å². The lowest BCUT2D eigenvalue weighted by Crippen LogP contribution is -2.33. The number of halogens is 2. The molecule has 0 atom stereocenters. The fraction of sp³-hybridized carbons (Fsp3) is 0.333. The Morgan fingerprint density at radius 3 is 2.45 bits per heavy atom. The van der Waals surface area contributed by atoms with Gasteiger partial charge in [-0.2, -0.15) is 0 Å². The zero-order valence-electron chi connectivity index (χ0n) is 12.3. The molecule has 3 rings (SSSR count). The molecule has 2 aromatic carbocycles. The second kappa shape index (κ2) is 6.39. The molecule has 4 heteroatoms. The van der Waals surface area contributed by atoms with E-state index in [4.69, 9.17) is 10.5 Å². The molecule has 2 aromatic rings. The van der Waals surface area contributed by atoms with Crippen LogP contribution >= 0.6 is 15.9 Å². The van der Waals surface area contributed by atoms with Gasteiger partial charge in [-0.05, 0) is 52.0 Å². The molecule has 0 amide bonds. The first-order chi connectivity index (χ1) is 10.6. The largest absolute Gasteiger partial charge is 0.485 e. The molecule has 0 aromatic heterocycles. The van der Waals surface area contributed by atoms with E-state index in [1.807, 2.05) is 36.4 Å². The molecule has 116 valence electrons. The summed E-state index contributed by atoms with van der Waals surface area (Å²) in [7, 11) is 0. The average Bonchev–Trinajstić information content (AvgIpc) is 2.95. The maximum absolute atomic E-state index is 14.4. The van der Waals surface area contributed by atoms with Gasteiger partial charge in [0.05, 0.1) is 4.47 Å². The van der Waals surface area contributed by atoms with Crippen LogP contribution in [0.4, 0.5) is 4.39 Å². The van der Waals surface area contributed by atoms with Gasteiger partial charge < -0.3 is 10.5 Å². The molecule has 0 unspecified atom stereocenters. The van der Waals surface area contributed by atoms with Crippen molar-refractivity contribution in [3.8, 4) is 5.75 Å². The predicted octanol–water partition coefficient (Wildman–Crippen LogP) is 4.90. The predicted molar refractivity (Wildman–Crippen MR) is 89.2 cm³/mol. The molecule has 1 aliphatic carbocycles. The SMILES string of the molecule is NC1(c2cc(F)c(OCc3ccccc3)c(Br)c2)CCCC1. The summed E-state index contributed by atoms with van der Waals surface area (Å²) >= 11 is 3.42. The van der Waals surface area contributed by atoms with Crippen molar-refractivity contribution in [1.29, 1.82) is 0 Å². The number of nitrogens with two attached hydrogens (primary N) is 1. The third-order valence-electron chi connectivity index (χ3n) is 4.29. The summed E-state index contributed by atoms with van der Waals surface area (Å²) in [6.07, 6.45) is 4.01. The van der Waals surface area contributed by atoms with Crippen LogP contribution in [0.15, 0.2) is 46.9 Å². The van der Waals surface area contributed by atoms with Crippen LogP contribution in [0.1, 0.15) is 36.8 Å². The number of ether oxygens (including phenoxy) is 1. The number of hydrogen-bond donors (Lipinski definition) is 1. The van der Waals surface area contributed by atoms with Crippen LogP contribution in [0.2, 0.25) is 0 Å². The van der Waals surface area contributed by atoms with Crippen molar-refractivity contribution in [1.82, 2.24) is 0 Å². The Morgan fingerprint density at radius 2 is 1.82 bits per heavy atom. The number of rotatable bonds is 4. The van der Waals surface area contributed by atoms with Crippen LogP contribution in [0, 0.1) is 5.82 Å². The molecular formula is C18H19BrFNO. The molecule has 22 heavy (non-hydrogen) atoms. The first-order valence-electron chi connectivity index (χ1n) is 7.54. The van der Waals surface area contributed by atoms with Crippen molar-refractivity contribution in [3.63, 3.8) is 0 Å². The van der Waals surface area contributed by atoms with E-state index >= 15 is 0 Å². The van der Waals surface area contributed by atoms with Gasteiger partial charge in [-0.15, -0.1) is 0 Å². The van der Waals surface area contributed by atoms with Gasteiger partial charge in [0.25, 0.3) is 0 Å². The van der Waals surface area contributed by atoms with Gasteiger partial charge in [0.1, 0.15) is 6.61 Å². The highest BCUT2D eigenvalue weighted by molar-refractivity contribution is 9.10. The highest BCUT2D eigenvalue weighted by Gasteiger charge is 2.32. The summed E-state index contributed by atoms with van der Waals surface area (Å²) in [5, 5.41) is 0. The van der Waals surface area contributed by atoms with E-state index in [-0.39, 0.29) is 11.6 Å². The minimum Gasteiger partial charge on any atom is -0.485 e. The van der Waals surface area contributed by atoms with Crippen molar-refractivity contribution < 1.29 is 9.13 Å². The Labute approximate surface area is 138 Å². The fourth-order valence-electron chi connectivity index (χ4n) is 3.01. The molecule has 0 heterocycles. The Bertz CT molecular complexity index is 630. The third kappa shape index (κ3) is 3.18. The molecule has 0 saturated heterocycles. The van der Waals surface area contributed by atoms with E-state index in [0.29, 0.717) is 11.1 Å². The number of benzene rings is 2. The van der Waals surface area contributed by atoms with Gasteiger partial charge in [-0.3, -0.25) is 0 Å². The van der Waals surface area contributed by atoms with Crippen molar-refractivity contribution in [3.05, 3.63) is 63.9 Å². The highest BCUT2D eigenvalue weighted by atomic mass is 79.9. The standard InChI is InChI=1S/C18H19BrFNO/c19-15-10-14(18(21)8-4-5-9-18)11-16(20)17(15)22-12-13-6-2-1-3-7-13/h1-3,6-7,10-11H,4-5,8-9,12,21H2. The van der Waals surface area contributed by atoms with Gasteiger partial charge >= 0.3 is 0 Å². The highest BCUT2D eigenvalue weighted by Crippen LogP contribution is 2.40. The Morgan fingerprint density at radius 1 is 1.14 bits per heavy atom. The number of hydrogen-bond acceptors (Lipinski definition) is 2. The Balaban J connectivity index is 1.81. The summed E-state index contributed by atoms with van der Waals surface area (Å²) in [5.74, 6) is -0.119. The molecule has 1 fully saturated rings. The van der Waals surface area contributed by atoms with Gasteiger partial charge in [0.2, 0.25) is 0 Å². The van der Waals surface area contributed by atoms with E-state index in [1.165, 1.54) is 6.07 Å². The van der Waals surface area contributed by atoms with Crippen LogP contribution in [0.3, 0.4) is 0 Å². The summed E-state index contributed by atoms with van der Waals surface area (Å²) in [5.41, 5.74) is 7.86. The summed E-state index contributed by atoms with van der Waals surface area (Å²) in [6.45, 7) is 0.337. The summed E-state index contributed by atoms with van der Waals surface area (Å²) < 4.78 is 20.7. The molecule has 0 aliphatic heterocycles. The van der Waals surface area contributed by atoms with Crippen molar-refractivity contribution in [2.24, 2.45) is 5.73 Å². The maximum atomic E-state index is 14.4. The van der Waals surface area contributed by atoms with Crippen LogP contribution in [-0.4, -0.2) is 0 Å². The second-order valence-corrected chi connectivity index (χ2v) is 6.76. The molecular weight excluding hydrogens is 345 g/mol. The van der Waals surface area contributed by atoms with Crippen LogP contribution in [0.5, 0.6) is 5.75 Å². The third-order valence-corrected chi connectivity index (χ3v) is 4.88. The average molecular weight is 364 g/mol. The van der Waals surface area contributed by atoms with E-state index in [0.717, 1.165) is 36.8 Å². The molecule has 0 radical (unpaired) electrons. The fourth-order valence-corrected chi connectivity index (χ4v) is 3.56. The molecule has 0 bridgehead atoms. The van der Waals surface area contributed by atoms with Gasteiger partial charge in [0, 0.05) is 5.54 Å². The molecule has 0 spiro atoms. The summed E-state index contributed by atoms with van der Waals surface area (Å²) in [4.78, 5) is 0. The van der Waals surface area contributed by atoms with E-state index in [9.17, 15) is 4.39 Å². The van der Waals surface area contributed by atoms with Gasteiger partial charge in [-0.1, -0.05) is 43.2 Å². The smallest absolute Gasteiger partial charge is 0.169 e. The van der Waals surface area contributed by atoms with E-state index in [1.54, 1.807) is 0 Å². The first kappa shape index (κ1) is 15.5. The second-order valence-electron chi connectivity index (χ2n) is 5.91. The molecule has 2 nitrogen and oxygen atoms in total. The Kier molecular flexibility index (Phi) is 4.50. The van der Waals surface area contributed by atoms with Crippen molar-refractivity contribution in [2.45, 2.75) is 37.8 Å². The van der Waals surface area contributed by atoms with Crippen LogP contribution < -0.4 is 10.5 Å². The topological polar surface area (TPSA) is 35.2 Å². The van der Waals surface area contributed by atoms with E-state index in [2.05, 4.69) is 15.9 Å². The zero-order chi connectivity index (χ0) is 15.6.